The number of hydrogen-bond acceptors (Lipinski definition) is 4. The predicted octanol–water partition coefficient (Wildman–Crippen LogP) is 3.04. The van der Waals surface area contributed by atoms with Gasteiger partial charge < -0.3 is 15.0 Å². The van der Waals surface area contributed by atoms with Crippen LogP contribution < -0.4 is 10.1 Å². The van der Waals surface area contributed by atoms with Crippen LogP contribution in [0.5, 0.6) is 5.88 Å². The van der Waals surface area contributed by atoms with Gasteiger partial charge in [-0.3, -0.25) is 9.78 Å². The molecule has 126 valence electrons. The molecule has 0 radical (unpaired) electrons. The zero-order valence-corrected chi connectivity index (χ0v) is 13.9. The molecule has 1 amide bonds. The summed E-state index contributed by atoms with van der Waals surface area (Å²) in [7, 11) is 1.59. The van der Waals surface area contributed by atoms with Crippen molar-refractivity contribution in [1.29, 1.82) is 0 Å². The van der Waals surface area contributed by atoms with Crippen molar-refractivity contribution in [1.82, 2.24) is 20.3 Å². The van der Waals surface area contributed by atoms with Gasteiger partial charge in [0, 0.05) is 41.7 Å². The third kappa shape index (κ3) is 2.55. The van der Waals surface area contributed by atoms with Crippen molar-refractivity contribution in [2.75, 3.05) is 13.7 Å². The van der Waals surface area contributed by atoms with Gasteiger partial charge in [0.25, 0.3) is 5.91 Å². The molecule has 4 rings (SSSR count). The second-order valence-electron chi connectivity index (χ2n) is 6.02. The van der Waals surface area contributed by atoms with E-state index in [1.54, 1.807) is 19.4 Å². The summed E-state index contributed by atoms with van der Waals surface area (Å²) in [4.78, 5) is 24.6. The van der Waals surface area contributed by atoms with Gasteiger partial charge in [0.05, 0.1) is 18.2 Å². The largest absolute Gasteiger partial charge is 0.481 e. The monoisotopic (exact) mass is 334 g/mol. The molecule has 6 heteroatoms. The van der Waals surface area contributed by atoms with Crippen molar-refractivity contribution >= 4 is 16.9 Å². The maximum absolute atomic E-state index is 12.2. The molecule has 2 N–H and O–H groups in total. The number of rotatable bonds is 4. The summed E-state index contributed by atoms with van der Waals surface area (Å²) in [6, 6.07) is 7.44. The zero-order chi connectivity index (χ0) is 17.4. The molecular formula is C19H18N4O2. The van der Waals surface area contributed by atoms with E-state index < -0.39 is 0 Å². The second kappa shape index (κ2) is 6.05. The van der Waals surface area contributed by atoms with Gasteiger partial charge in [-0.05, 0) is 24.6 Å². The molecule has 3 aromatic rings. The van der Waals surface area contributed by atoms with Crippen molar-refractivity contribution in [3.8, 4) is 17.1 Å². The smallest absolute Gasteiger partial charge is 0.253 e. The average molecular weight is 334 g/mol. The summed E-state index contributed by atoms with van der Waals surface area (Å²) < 4.78 is 5.24. The van der Waals surface area contributed by atoms with Crippen LogP contribution in [-0.4, -0.2) is 34.5 Å². The molecule has 1 aliphatic heterocycles. The Morgan fingerprint density at radius 1 is 1.36 bits per heavy atom. The summed E-state index contributed by atoms with van der Waals surface area (Å²) >= 11 is 0. The van der Waals surface area contributed by atoms with Gasteiger partial charge in [-0.2, -0.15) is 0 Å². The number of ether oxygens (including phenoxy) is 1. The summed E-state index contributed by atoms with van der Waals surface area (Å²) in [5.41, 5.74) is 4.89. The summed E-state index contributed by atoms with van der Waals surface area (Å²) in [6.45, 7) is 4.43. The Morgan fingerprint density at radius 2 is 2.24 bits per heavy atom. The first-order valence-electron chi connectivity index (χ1n) is 8.13. The molecule has 0 saturated heterocycles. The van der Waals surface area contributed by atoms with Crippen LogP contribution in [0.2, 0.25) is 0 Å². The lowest BCUT2D eigenvalue weighted by atomic mass is 9.94. The molecule has 4 heterocycles. The average Bonchev–Trinajstić information content (AvgIpc) is 3.09. The highest BCUT2D eigenvalue weighted by Gasteiger charge is 2.27. The number of nitrogens with zero attached hydrogens (tertiary/aromatic N) is 2. The van der Waals surface area contributed by atoms with Crippen molar-refractivity contribution in [3.63, 3.8) is 0 Å². The van der Waals surface area contributed by atoms with Crippen LogP contribution in [0.4, 0.5) is 0 Å². The number of carbonyl (C=O) groups excluding carboxylic acids is 1. The van der Waals surface area contributed by atoms with Gasteiger partial charge in [-0.1, -0.05) is 6.08 Å². The highest BCUT2D eigenvalue weighted by atomic mass is 16.5. The van der Waals surface area contributed by atoms with Gasteiger partial charge >= 0.3 is 0 Å². The molecule has 1 aliphatic rings. The highest BCUT2D eigenvalue weighted by Crippen LogP contribution is 2.33. The number of carbonyl (C=O) groups is 1. The van der Waals surface area contributed by atoms with Crippen LogP contribution in [0, 0.1) is 0 Å². The number of pyridine rings is 2. The fraction of sp³-hybridized carbons (Fsp3) is 0.211. The highest BCUT2D eigenvalue weighted by molar-refractivity contribution is 5.99. The van der Waals surface area contributed by atoms with E-state index in [4.69, 9.17) is 4.74 Å². The lowest BCUT2D eigenvalue weighted by molar-refractivity contribution is 0.0940. The first-order valence-corrected chi connectivity index (χ1v) is 8.13. The van der Waals surface area contributed by atoms with Crippen molar-refractivity contribution < 1.29 is 9.53 Å². The lowest BCUT2D eigenvalue weighted by Crippen LogP contribution is -2.34. The normalized spacial score (nSPS) is 16.4. The summed E-state index contributed by atoms with van der Waals surface area (Å²) in [5, 5.41) is 2.94. The third-order valence-corrected chi connectivity index (χ3v) is 4.52. The number of nitrogens with one attached hydrogen (secondary N) is 2. The van der Waals surface area contributed by atoms with Crippen LogP contribution in [0.15, 0.2) is 43.1 Å². The van der Waals surface area contributed by atoms with Crippen LogP contribution in [0.3, 0.4) is 0 Å². The number of aromatic amines is 1. The fourth-order valence-corrected chi connectivity index (χ4v) is 3.28. The minimum absolute atomic E-state index is 0.0540. The van der Waals surface area contributed by atoms with Gasteiger partial charge in [0.1, 0.15) is 5.52 Å². The summed E-state index contributed by atoms with van der Waals surface area (Å²) in [6.07, 6.45) is 4.42. The number of H-pyrrole nitrogens is 1. The molecule has 1 unspecified atom stereocenters. The predicted molar refractivity (Wildman–Crippen MR) is 95.8 cm³/mol. The molecule has 3 aromatic heterocycles. The number of methoxy groups -OCH3 is 1. The van der Waals surface area contributed by atoms with Crippen LogP contribution in [-0.2, 0) is 0 Å². The lowest BCUT2D eigenvalue weighted by Gasteiger charge is -2.21. The van der Waals surface area contributed by atoms with Crippen LogP contribution in [0.25, 0.3) is 22.3 Å². The van der Waals surface area contributed by atoms with Crippen molar-refractivity contribution in [3.05, 3.63) is 54.4 Å². The standard InChI is InChI=1S/C19H18N4O2/c1-3-4-11-10-21-19(24)13-9-15(22-17(11)13)12-7-8-20-14-5-6-16(25-2)23-18(12)14/h3,5-9,11,22H,1,4,10H2,2H3,(H,21,24). The van der Waals surface area contributed by atoms with E-state index in [0.717, 1.165) is 34.4 Å². The molecule has 0 fully saturated rings. The molecule has 0 aromatic carbocycles. The van der Waals surface area contributed by atoms with Crippen LogP contribution >= 0.6 is 0 Å². The van der Waals surface area contributed by atoms with E-state index in [1.807, 2.05) is 24.3 Å². The Labute approximate surface area is 145 Å². The molecule has 1 atom stereocenters. The number of aromatic nitrogens is 3. The molecule has 0 bridgehead atoms. The zero-order valence-electron chi connectivity index (χ0n) is 13.9. The first kappa shape index (κ1) is 15.4. The summed E-state index contributed by atoms with van der Waals surface area (Å²) in [5.74, 6) is 0.677. The molecule has 0 saturated carbocycles. The molecular weight excluding hydrogens is 316 g/mol. The Bertz CT molecular complexity index is 977. The van der Waals surface area contributed by atoms with E-state index in [2.05, 4.69) is 26.8 Å². The maximum atomic E-state index is 12.2. The van der Waals surface area contributed by atoms with E-state index in [0.29, 0.717) is 18.0 Å². The number of hydrogen-bond donors (Lipinski definition) is 2. The Morgan fingerprint density at radius 3 is 3.04 bits per heavy atom. The molecule has 0 spiro atoms. The van der Waals surface area contributed by atoms with Gasteiger partial charge in [-0.25, -0.2) is 4.98 Å². The van der Waals surface area contributed by atoms with E-state index in [-0.39, 0.29) is 11.8 Å². The SMILES string of the molecule is C=CCC1CNC(=O)c2cc(-c3ccnc4ccc(OC)nc34)[nH]c21. The Kier molecular flexibility index (Phi) is 3.72. The van der Waals surface area contributed by atoms with Crippen LogP contribution in [0.1, 0.15) is 28.4 Å². The van der Waals surface area contributed by atoms with Gasteiger partial charge in [-0.15, -0.1) is 6.58 Å². The Hall–Kier alpha value is -3.15. The third-order valence-electron chi connectivity index (χ3n) is 4.52. The van der Waals surface area contributed by atoms with Crippen molar-refractivity contribution in [2.45, 2.75) is 12.3 Å². The minimum atomic E-state index is -0.0540. The van der Waals surface area contributed by atoms with E-state index in [1.165, 1.54) is 0 Å². The topological polar surface area (TPSA) is 79.9 Å². The van der Waals surface area contributed by atoms with E-state index >= 15 is 0 Å². The fourth-order valence-electron chi connectivity index (χ4n) is 3.28. The molecule has 6 nitrogen and oxygen atoms in total. The van der Waals surface area contributed by atoms with Gasteiger partial charge in [0.2, 0.25) is 5.88 Å². The Balaban J connectivity index is 1.88. The number of fused-ring (bicyclic) bond motifs is 2. The number of amides is 1. The van der Waals surface area contributed by atoms with Gasteiger partial charge in [0.15, 0.2) is 0 Å². The quantitative estimate of drug-likeness (QED) is 0.719. The van der Waals surface area contributed by atoms with E-state index in [9.17, 15) is 4.79 Å². The molecule has 25 heavy (non-hydrogen) atoms. The second-order valence-corrected chi connectivity index (χ2v) is 6.02. The maximum Gasteiger partial charge on any atom is 0.253 e. The minimum Gasteiger partial charge on any atom is -0.481 e. The molecule has 0 aliphatic carbocycles. The van der Waals surface area contributed by atoms with Crippen molar-refractivity contribution in [2.24, 2.45) is 0 Å². The number of allylic oxidation sites excluding steroid dienone is 1. The first-order chi connectivity index (χ1) is 12.2.